The van der Waals surface area contributed by atoms with Crippen molar-refractivity contribution >= 4 is 40.0 Å². The Bertz CT molecular complexity index is 473. The number of anilines is 1. The molecule has 2 rings (SSSR count). The lowest BCUT2D eigenvalue weighted by molar-refractivity contribution is -0.119. The van der Waals surface area contributed by atoms with Gasteiger partial charge in [-0.15, -0.1) is 10.2 Å². The highest BCUT2D eigenvalue weighted by Crippen LogP contribution is 2.36. The maximum atomic E-state index is 11.9. The lowest BCUT2D eigenvalue weighted by Gasteiger charge is -2.17. The largest absolute Gasteiger partial charge is 0.358 e. The molecule has 0 aliphatic heterocycles. The van der Waals surface area contributed by atoms with Gasteiger partial charge in [-0.05, 0) is 12.8 Å². The molecule has 1 N–H and O–H groups in total. The summed E-state index contributed by atoms with van der Waals surface area (Å²) in [5, 5.41) is 11.3. The van der Waals surface area contributed by atoms with Gasteiger partial charge in [0.05, 0.1) is 5.75 Å². The van der Waals surface area contributed by atoms with Crippen LogP contribution in [0.5, 0.6) is 0 Å². The molecule has 0 spiro atoms. The molecule has 1 saturated carbocycles. The molecule has 1 aromatic heterocycles. The number of rotatable bonds is 6. The van der Waals surface area contributed by atoms with Crippen molar-refractivity contribution in [3.63, 3.8) is 0 Å². The van der Waals surface area contributed by atoms with Gasteiger partial charge in [0.15, 0.2) is 4.34 Å². The summed E-state index contributed by atoms with van der Waals surface area (Å²) in [4.78, 5) is 24.8. The van der Waals surface area contributed by atoms with Gasteiger partial charge in [-0.3, -0.25) is 14.5 Å². The fraction of sp³-hybridized carbons (Fsp3) is 0.636. The first-order chi connectivity index (χ1) is 9.15. The lowest BCUT2D eigenvalue weighted by Crippen LogP contribution is -2.32. The maximum absolute atomic E-state index is 11.9. The molecule has 104 valence electrons. The number of hydrogen-bond acceptors (Lipinski definition) is 6. The molecule has 1 aliphatic rings. The second-order valence-electron chi connectivity index (χ2n) is 4.16. The summed E-state index contributed by atoms with van der Waals surface area (Å²) in [6, 6.07) is 0.289. The van der Waals surface area contributed by atoms with Crippen LogP contribution in [0.1, 0.15) is 26.2 Å². The van der Waals surface area contributed by atoms with E-state index < -0.39 is 0 Å². The summed E-state index contributed by atoms with van der Waals surface area (Å²) in [6.45, 7) is 1.85. The van der Waals surface area contributed by atoms with E-state index in [-0.39, 0.29) is 17.9 Å². The normalized spacial score (nSPS) is 14.2. The van der Waals surface area contributed by atoms with Gasteiger partial charge in [-0.1, -0.05) is 30.0 Å². The molecule has 0 aromatic carbocycles. The molecule has 8 heteroatoms. The van der Waals surface area contributed by atoms with Crippen LogP contribution < -0.4 is 10.2 Å². The zero-order valence-corrected chi connectivity index (χ0v) is 12.5. The van der Waals surface area contributed by atoms with Gasteiger partial charge < -0.3 is 5.32 Å². The Hall–Kier alpha value is -1.15. The zero-order chi connectivity index (χ0) is 13.8. The molecule has 1 aliphatic carbocycles. The minimum absolute atomic E-state index is 0.0505. The molecule has 0 saturated heterocycles. The molecule has 19 heavy (non-hydrogen) atoms. The number of amides is 2. The predicted molar refractivity (Wildman–Crippen MR) is 75.5 cm³/mol. The minimum Gasteiger partial charge on any atom is -0.358 e. The summed E-state index contributed by atoms with van der Waals surface area (Å²) in [5.41, 5.74) is 0. The second-order valence-corrected chi connectivity index (χ2v) is 6.34. The summed E-state index contributed by atoms with van der Waals surface area (Å²) in [5.74, 6) is 0.350. The topological polar surface area (TPSA) is 75.2 Å². The van der Waals surface area contributed by atoms with Crippen molar-refractivity contribution in [2.24, 2.45) is 0 Å². The van der Waals surface area contributed by atoms with Crippen LogP contribution in [0.3, 0.4) is 0 Å². The Morgan fingerprint density at radius 3 is 2.79 bits per heavy atom. The third kappa shape index (κ3) is 3.66. The smallest absolute Gasteiger partial charge is 0.230 e. The zero-order valence-electron chi connectivity index (χ0n) is 10.9. The molecule has 2 amide bonds. The van der Waals surface area contributed by atoms with Crippen molar-refractivity contribution in [2.75, 3.05) is 17.7 Å². The molecular weight excluding hydrogens is 284 g/mol. The van der Waals surface area contributed by atoms with Crippen LogP contribution in [0.2, 0.25) is 0 Å². The van der Waals surface area contributed by atoms with E-state index in [0.29, 0.717) is 21.6 Å². The number of nitrogens with one attached hydrogen (secondary N) is 1. The quantitative estimate of drug-likeness (QED) is 0.633. The molecule has 6 nitrogen and oxygen atoms in total. The summed E-state index contributed by atoms with van der Waals surface area (Å²) in [6.07, 6.45) is 2.54. The van der Waals surface area contributed by atoms with Crippen molar-refractivity contribution < 1.29 is 9.59 Å². The number of carbonyl (C=O) groups excluding carboxylic acids is 2. The van der Waals surface area contributed by atoms with Gasteiger partial charge in [0.25, 0.3) is 0 Å². The van der Waals surface area contributed by atoms with Crippen LogP contribution in [0.15, 0.2) is 4.34 Å². The SMILES string of the molecule is CCC(=O)N(c1nnc(SCC(=O)NC)s1)C1CC1. The number of hydrogen-bond donors (Lipinski definition) is 1. The van der Waals surface area contributed by atoms with Gasteiger partial charge in [0.2, 0.25) is 16.9 Å². The number of aromatic nitrogens is 2. The van der Waals surface area contributed by atoms with Crippen LogP contribution in [-0.4, -0.2) is 40.9 Å². The standard InChI is InChI=1S/C11H16N4O2S2/c1-3-9(17)15(7-4-5-7)10-13-14-11(19-10)18-6-8(16)12-2/h7H,3-6H2,1-2H3,(H,12,16). The van der Waals surface area contributed by atoms with Gasteiger partial charge in [-0.25, -0.2) is 0 Å². The average Bonchev–Trinajstić information content (AvgIpc) is 3.14. The highest BCUT2D eigenvalue weighted by atomic mass is 32.2. The molecule has 0 radical (unpaired) electrons. The Morgan fingerprint density at radius 1 is 1.47 bits per heavy atom. The molecule has 1 fully saturated rings. The monoisotopic (exact) mass is 300 g/mol. The Kier molecular flexibility index (Phi) is 4.76. The molecule has 1 heterocycles. The molecular formula is C11H16N4O2S2. The fourth-order valence-electron chi connectivity index (χ4n) is 1.53. The first-order valence-electron chi connectivity index (χ1n) is 6.14. The van der Waals surface area contributed by atoms with Gasteiger partial charge in [-0.2, -0.15) is 0 Å². The van der Waals surface area contributed by atoms with E-state index >= 15 is 0 Å². The van der Waals surface area contributed by atoms with E-state index in [1.165, 1.54) is 23.1 Å². The van der Waals surface area contributed by atoms with Gasteiger partial charge >= 0.3 is 0 Å². The molecule has 0 unspecified atom stereocenters. The lowest BCUT2D eigenvalue weighted by atomic mass is 10.4. The molecule has 0 bridgehead atoms. The van der Waals surface area contributed by atoms with Crippen LogP contribution in [0.25, 0.3) is 0 Å². The highest BCUT2D eigenvalue weighted by molar-refractivity contribution is 8.01. The van der Waals surface area contributed by atoms with E-state index in [0.717, 1.165) is 12.8 Å². The highest BCUT2D eigenvalue weighted by Gasteiger charge is 2.35. The summed E-state index contributed by atoms with van der Waals surface area (Å²) < 4.78 is 0.716. The van der Waals surface area contributed by atoms with E-state index in [1.54, 1.807) is 11.9 Å². The molecule has 1 aromatic rings. The third-order valence-electron chi connectivity index (χ3n) is 2.69. The van der Waals surface area contributed by atoms with Crippen LogP contribution in [-0.2, 0) is 9.59 Å². The van der Waals surface area contributed by atoms with Crippen molar-refractivity contribution in [1.29, 1.82) is 0 Å². The van der Waals surface area contributed by atoms with Gasteiger partial charge in [0.1, 0.15) is 0 Å². The van der Waals surface area contributed by atoms with Crippen molar-refractivity contribution in [3.05, 3.63) is 0 Å². The van der Waals surface area contributed by atoms with Crippen LogP contribution in [0.4, 0.5) is 5.13 Å². The first-order valence-corrected chi connectivity index (χ1v) is 7.94. The van der Waals surface area contributed by atoms with E-state index in [2.05, 4.69) is 15.5 Å². The van der Waals surface area contributed by atoms with Crippen molar-refractivity contribution in [1.82, 2.24) is 15.5 Å². The van der Waals surface area contributed by atoms with E-state index in [1.807, 2.05) is 6.92 Å². The first kappa shape index (κ1) is 14.3. The molecule has 0 atom stereocenters. The minimum atomic E-state index is -0.0505. The fourth-order valence-corrected chi connectivity index (χ4v) is 3.33. The van der Waals surface area contributed by atoms with Gasteiger partial charge in [0, 0.05) is 19.5 Å². The number of thioether (sulfide) groups is 1. The Balaban J connectivity index is 2.02. The number of carbonyl (C=O) groups is 2. The van der Waals surface area contributed by atoms with E-state index in [4.69, 9.17) is 0 Å². The van der Waals surface area contributed by atoms with E-state index in [9.17, 15) is 9.59 Å². The third-order valence-corrected chi connectivity index (χ3v) is 4.75. The van der Waals surface area contributed by atoms with Crippen LogP contribution in [0, 0.1) is 0 Å². The Labute approximate surface area is 120 Å². The maximum Gasteiger partial charge on any atom is 0.230 e. The predicted octanol–water partition coefficient (Wildman–Crippen LogP) is 1.28. The summed E-state index contributed by atoms with van der Waals surface area (Å²) in [7, 11) is 1.60. The van der Waals surface area contributed by atoms with Crippen molar-refractivity contribution in [2.45, 2.75) is 36.6 Å². The Morgan fingerprint density at radius 2 is 2.21 bits per heavy atom. The number of nitrogens with zero attached hydrogens (tertiary/aromatic N) is 3. The average molecular weight is 300 g/mol. The van der Waals surface area contributed by atoms with Crippen LogP contribution >= 0.6 is 23.1 Å². The second kappa shape index (κ2) is 6.33. The van der Waals surface area contributed by atoms with Crippen molar-refractivity contribution in [3.8, 4) is 0 Å². The summed E-state index contributed by atoms with van der Waals surface area (Å²) >= 11 is 2.71.